The van der Waals surface area contributed by atoms with E-state index in [1.807, 2.05) is 24.3 Å². The molecular formula is C13H15BrN2O4. The van der Waals surface area contributed by atoms with Crippen LogP contribution in [0.15, 0.2) is 28.7 Å². The Morgan fingerprint density at radius 2 is 2.15 bits per heavy atom. The van der Waals surface area contributed by atoms with Crippen LogP contribution in [0.5, 0.6) is 0 Å². The fourth-order valence-corrected chi connectivity index (χ4v) is 2.52. The van der Waals surface area contributed by atoms with E-state index in [2.05, 4.69) is 21.2 Å². The van der Waals surface area contributed by atoms with Crippen molar-refractivity contribution in [3.63, 3.8) is 0 Å². The molecule has 1 heterocycles. The molecule has 1 unspecified atom stereocenters. The predicted molar refractivity (Wildman–Crippen MR) is 76.1 cm³/mol. The molecule has 1 N–H and O–H groups in total. The molecule has 7 heteroatoms. The lowest BCUT2D eigenvalue weighted by Crippen LogP contribution is -2.55. The average Bonchev–Trinajstić information content (AvgIpc) is 2.46. The van der Waals surface area contributed by atoms with Gasteiger partial charge in [-0.1, -0.05) is 28.1 Å². The van der Waals surface area contributed by atoms with Crippen molar-refractivity contribution < 1.29 is 14.5 Å². The summed E-state index contributed by atoms with van der Waals surface area (Å²) in [5, 5.41) is 14.1. The van der Waals surface area contributed by atoms with Crippen molar-refractivity contribution in [1.29, 1.82) is 0 Å². The second-order valence-electron chi connectivity index (χ2n) is 4.74. The summed E-state index contributed by atoms with van der Waals surface area (Å²) in [5.74, 6) is 0. The van der Waals surface area contributed by atoms with E-state index in [0.717, 1.165) is 10.0 Å². The van der Waals surface area contributed by atoms with Gasteiger partial charge in [-0.15, -0.1) is 0 Å². The topological polar surface area (TPSA) is 81.5 Å². The third kappa shape index (κ3) is 3.23. The van der Waals surface area contributed by atoms with Crippen molar-refractivity contribution in [3.05, 3.63) is 44.4 Å². The van der Waals surface area contributed by atoms with Crippen LogP contribution in [0.1, 0.15) is 18.6 Å². The quantitative estimate of drug-likeness (QED) is 0.511. The van der Waals surface area contributed by atoms with Gasteiger partial charge in [0.2, 0.25) is 6.04 Å². The predicted octanol–water partition coefficient (Wildman–Crippen LogP) is 1.71. The zero-order chi connectivity index (χ0) is 14.7. The summed E-state index contributed by atoms with van der Waals surface area (Å²) in [7, 11) is 0. The molecule has 6 nitrogen and oxygen atoms in total. The van der Waals surface area contributed by atoms with Crippen LogP contribution in [0.25, 0.3) is 0 Å². The Morgan fingerprint density at radius 3 is 2.70 bits per heavy atom. The standard InChI is InChI=1S/C13H15BrN2O4/c1-8(16(18)19)12-13(20-11(7-17)6-15-12)9-2-4-10(14)5-3-9/h2-5,7-8,11-13,15H,6H2,1H3/t8?,11-,12-,13+/m1/s1. The second-order valence-corrected chi connectivity index (χ2v) is 5.66. The maximum atomic E-state index is 11.0. The maximum absolute atomic E-state index is 11.0. The summed E-state index contributed by atoms with van der Waals surface area (Å²) < 4.78 is 6.61. The number of morpholine rings is 1. The van der Waals surface area contributed by atoms with Gasteiger partial charge >= 0.3 is 0 Å². The Kier molecular flexibility index (Phi) is 4.85. The molecule has 0 aliphatic carbocycles. The van der Waals surface area contributed by atoms with Crippen molar-refractivity contribution in [1.82, 2.24) is 5.32 Å². The van der Waals surface area contributed by atoms with Crippen LogP contribution in [0.2, 0.25) is 0 Å². The summed E-state index contributed by atoms with van der Waals surface area (Å²) in [6, 6.07) is 6.08. The van der Waals surface area contributed by atoms with Gasteiger partial charge in [0.1, 0.15) is 24.5 Å². The molecule has 108 valence electrons. The van der Waals surface area contributed by atoms with E-state index in [9.17, 15) is 14.9 Å². The molecule has 0 saturated carbocycles. The van der Waals surface area contributed by atoms with Crippen LogP contribution in [0, 0.1) is 10.1 Å². The number of rotatable bonds is 4. The number of hydrogen-bond acceptors (Lipinski definition) is 5. The van der Waals surface area contributed by atoms with Crippen molar-refractivity contribution in [2.75, 3.05) is 6.54 Å². The van der Waals surface area contributed by atoms with Gasteiger partial charge in [0.15, 0.2) is 0 Å². The third-order valence-corrected chi connectivity index (χ3v) is 3.93. The summed E-state index contributed by atoms with van der Waals surface area (Å²) in [5.41, 5.74) is 0.811. The van der Waals surface area contributed by atoms with Crippen molar-refractivity contribution in [2.45, 2.75) is 31.2 Å². The fourth-order valence-electron chi connectivity index (χ4n) is 2.25. The minimum absolute atomic E-state index is 0.291. The minimum atomic E-state index is -0.809. The number of halogens is 1. The van der Waals surface area contributed by atoms with Crippen LogP contribution in [0.4, 0.5) is 0 Å². The number of ether oxygens (including phenoxy) is 1. The molecule has 1 saturated heterocycles. The number of nitrogens with zero attached hydrogens (tertiary/aromatic N) is 1. The highest BCUT2D eigenvalue weighted by molar-refractivity contribution is 9.10. The maximum Gasteiger partial charge on any atom is 0.228 e. The molecule has 20 heavy (non-hydrogen) atoms. The van der Waals surface area contributed by atoms with Crippen LogP contribution in [-0.4, -0.2) is 35.9 Å². The molecule has 0 radical (unpaired) electrons. The highest BCUT2D eigenvalue weighted by atomic mass is 79.9. The van der Waals surface area contributed by atoms with Gasteiger partial charge < -0.3 is 14.8 Å². The number of carbonyl (C=O) groups is 1. The fraction of sp³-hybridized carbons (Fsp3) is 0.462. The zero-order valence-electron chi connectivity index (χ0n) is 10.9. The Hall–Kier alpha value is -1.31. The molecule has 1 aromatic carbocycles. The lowest BCUT2D eigenvalue weighted by atomic mass is 9.95. The number of aldehydes is 1. The SMILES string of the molecule is CC([C@H]1NC[C@H](C=O)O[C@H]1c1ccc(Br)cc1)[N+](=O)[O-]. The second kappa shape index (κ2) is 6.43. The minimum Gasteiger partial charge on any atom is -0.360 e. The summed E-state index contributed by atoms with van der Waals surface area (Å²) in [6.07, 6.45) is -0.391. The Morgan fingerprint density at radius 1 is 1.50 bits per heavy atom. The van der Waals surface area contributed by atoms with Gasteiger partial charge in [-0.2, -0.15) is 0 Å². The first kappa shape index (κ1) is 15.1. The molecule has 0 amide bonds. The zero-order valence-corrected chi connectivity index (χ0v) is 12.4. The van der Waals surface area contributed by atoms with Gasteiger partial charge in [0, 0.05) is 22.9 Å². The van der Waals surface area contributed by atoms with Crippen molar-refractivity contribution in [2.24, 2.45) is 0 Å². The van der Waals surface area contributed by atoms with Crippen molar-refractivity contribution >= 4 is 22.2 Å². The molecule has 1 aliphatic rings. The molecule has 2 rings (SSSR count). The van der Waals surface area contributed by atoms with E-state index in [4.69, 9.17) is 4.74 Å². The number of nitro groups is 1. The largest absolute Gasteiger partial charge is 0.360 e. The molecule has 1 aromatic rings. The Labute approximate surface area is 124 Å². The van der Waals surface area contributed by atoms with E-state index < -0.39 is 24.3 Å². The smallest absolute Gasteiger partial charge is 0.228 e. The highest BCUT2D eigenvalue weighted by Crippen LogP contribution is 2.29. The number of hydrogen-bond donors (Lipinski definition) is 1. The van der Waals surface area contributed by atoms with E-state index in [-0.39, 0.29) is 4.92 Å². The first-order valence-corrected chi connectivity index (χ1v) is 7.05. The number of benzene rings is 1. The first-order valence-electron chi connectivity index (χ1n) is 6.26. The lowest BCUT2D eigenvalue weighted by molar-refractivity contribution is -0.525. The van der Waals surface area contributed by atoms with Crippen molar-refractivity contribution in [3.8, 4) is 0 Å². The number of carbonyl (C=O) groups excluding carboxylic acids is 1. The third-order valence-electron chi connectivity index (χ3n) is 3.40. The molecule has 1 fully saturated rings. The summed E-state index contributed by atoms with van der Waals surface area (Å²) in [4.78, 5) is 21.6. The van der Waals surface area contributed by atoms with Crippen LogP contribution in [0.3, 0.4) is 0 Å². The van der Waals surface area contributed by atoms with Crippen LogP contribution in [-0.2, 0) is 9.53 Å². The summed E-state index contributed by atoms with van der Waals surface area (Å²) >= 11 is 3.34. The molecule has 0 aromatic heterocycles. The van der Waals surface area contributed by atoms with Gasteiger partial charge in [-0.25, -0.2) is 0 Å². The summed E-state index contributed by atoms with van der Waals surface area (Å²) in [6.45, 7) is 1.83. The molecule has 0 bridgehead atoms. The Balaban J connectivity index is 2.28. The van der Waals surface area contributed by atoms with Gasteiger partial charge in [-0.3, -0.25) is 10.1 Å². The number of nitrogens with one attached hydrogen (secondary N) is 1. The molecule has 4 atom stereocenters. The lowest BCUT2D eigenvalue weighted by Gasteiger charge is -2.36. The highest BCUT2D eigenvalue weighted by Gasteiger charge is 2.40. The van der Waals surface area contributed by atoms with Gasteiger partial charge in [0.05, 0.1) is 0 Å². The Bertz CT molecular complexity index is 494. The first-order chi connectivity index (χ1) is 9.52. The van der Waals surface area contributed by atoms with E-state index in [1.165, 1.54) is 6.92 Å². The van der Waals surface area contributed by atoms with Gasteiger partial charge in [-0.05, 0) is 17.7 Å². The molecule has 0 spiro atoms. The van der Waals surface area contributed by atoms with E-state index in [0.29, 0.717) is 12.8 Å². The van der Waals surface area contributed by atoms with E-state index in [1.54, 1.807) is 0 Å². The molecule has 1 aliphatic heterocycles. The molecular weight excluding hydrogens is 328 g/mol. The monoisotopic (exact) mass is 342 g/mol. The normalized spacial score (nSPS) is 27.8. The van der Waals surface area contributed by atoms with Gasteiger partial charge in [0.25, 0.3) is 0 Å². The van der Waals surface area contributed by atoms with E-state index >= 15 is 0 Å². The average molecular weight is 343 g/mol. The van der Waals surface area contributed by atoms with Crippen LogP contribution < -0.4 is 5.32 Å². The van der Waals surface area contributed by atoms with Crippen LogP contribution >= 0.6 is 15.9 Å².